The van der Waals surface area contributed by atoms with Crippen molar-refractivity contribution < 1.29 is 4.74 Å². The Morgan fingerprint density at radius 2 is 2.10 bits per heavy atom. The van der Waals surface area contributed by atoms with Crippen LogP contribution in [0, 0.1) is 0 Å². The van der Waals surface area contributed by atoms with Gasteiger partial charge in [-0.25, -0.2) is 0 Å². The van der Waals surface area contributed by atoms with Crippen molar-refractivity contribution in [3.63, 3.8) is 0 Å². The van der Waals surface area contributed by atoms with E-state index in [1.54, 1.807) is 0 Å². The second kappa shape index (κ2) is 8.54. The van der Waals surface area contributed by atoms with Gasteiger partial charge in [0, 0.05) is 24.4 Å². The molecule has 0 aromatic carbocycles. The van der Waals surface area contributed by atoms with E-state index in [0.29, 0.717) is 6.10 Å². The van der Waals surface area contributed by atoms with Crippen LogP contribution in [0.4, 0.5) is 0 Å². The Morgan fingerprint density at radius 1 is 1.24 bits per heavy atom. The Bertz CT molecular complexity index is 422. The number of rotatable bonds is 8. The number of aryl methyl sites for hydroxylation is 1. The number of ether oxygens (including phenoxy) is 1. The van der Waals surface area contributed by atoms with E-state index in [-0.39, 0.29) is 0 Å². The smallest absolute Gasteiger partial charge is 0.0771 e. The molecule has 120 valence electrons. The van der Waals surface area contributed by atoms with Gasteiger partial charge in [0.2, 0.25) is 0 Å². The molecule has 0 aliphatic carbocycles. The molecule has 0 saturated carbocycles. The molecule has 21 heavy (non-hydrogen) atoms. The molecule has 1 unspecified atom stereocenters. The lowest BCUT2D eigenvalue weighted by Gasteiger charge is -2.23. The van der Waals surface area contributed by atoms with Gasteiger partial charge in [0.1, 0.15) is 0 Å². The highest BCUT2D eigenvalue weighted by Gasteiger charge is 2.20. The van der Waals surface area contributed by atoms with E-state index < -0.39 is 0 Å². The molecular weight excluding hydrogens is 262 g/mol. The Balaban J connectivity index is 2.11. The first-order valence-electron chi connectivity index (χ1n) is 8.69. The zero-order valence-corrected chi connectivity index (χ0v) is 14.0. The molecule has 2 heterocycles. The highest BCUT2D eigenvalue weighted by Crippen LogP contribution is 2.20. The highest BCUT2D eigenvalue weighted by molar-refractivity contribution is 5.27. The predicted molar refractivity (Wildman–Crippen MR) is 86.6 cm³/mol. The van der Waals surface area contributed by atoms with Gasteiger partial charge in [0.25, 0.3) is 0 Å². The lowest BCUT2D eigenvalue weighted by Crippen LogP contribution is -2.26. The van der Waals surface area contributed by atoms with Gasteiger partial charge in [-0.15, -0.1) is 0 Å². The van der Waals surface area contributed by atoms with Crippen molar-refractivity contribution in [1.29, 1.82) is 0 Å². The molecule has 1 atom stereocenters. The summed E-state index contributed by atoms with van der Waals surface area (Å²) < 4.78 is 8.11. The van der Waals surface area contributed by atoms with Gasteiger partial charge in [-0.05, 0) is 45.1 Å². The van der Waals surface area contributed by atoms with Crippen LogP contribution in [0.2, 0.25) is 0 Å². The third-order valence-corrected chi connectivity index (χ3v) is 4.30. The molecule has 1 aliphatic heterocycles. The maximum absolute atomic E-state index is 5.89. The average Bonchev–Trinajstić information content (AvgIpc) is 2.85. The van der Waals surface area contributed by atoms with Crippen LogP contribution < -0.4 is 5.32 Å². The second-order valence-corrected chi connectivity index (χ2v) is 5.93. The molecule has 4 nitrogen and oxygen atoms in total. The standard InChI is InChI=1S/C17H31N3O/c1-4-10-18-12-15-16(5-2)19-20(17(15)6-3)13-14-9-7-8-11-21-14/h14,18H,4-13H2,1-3H3. The predicted octanol–water partition coefficient (Wildman–Crippen LogP) is 3.08. The third kappa shape index (κ3) is 4.30. The Hall–Kier alpha value is -0.870. The van der Waals surface area contributed by atoms with Crippen LogP contribution in [0.3, 0.4) is 0 Å². The van der Waals surface area contributed by atoms with Crippen molar-refractivity contribution in [3.05, 3.63) is 17.0 Å². The summed E-state index contributed by atoms with van der Waals surface area (Å²) in [5.41, 5.74) is 4.07. The molecule has 1 aliphatic rings. The fraction of sp³-hybridized carbons (Fsp3) is 0.824. The first-order valence-corrected chi connectivity index (χ1v) is 8.69. The van der Waals surface area contributed by atoms with Crippen LogP contribution in [0.15, 0.2) is 0 Å². The second-order valence-electron chi connectivity index (χ2n) is 5.93. The molecule has 1 aromatic heterocycles. The summed E-state index contributed by atoms with van der Waals surface area (Å²) >= 11 is 0. The van der Waals surface area contributed by atoms with Gasteiger partial charge in [-0.1, -0.05) is 20.8 Å². The lowest BCUT2D eigenvalue weighted by atomic mass is 10.1. The maximum Gasteiger partial charge on any atom is 0.0771 e. The number of hydrogen-bond donors (Lipinski definition) is 1. The SMILES string of the molecule is CCCNCc1c(CC)nn(CC2CCCCO2)c1CC. The Morgan fingerprint density at radius 3 is 2.71 bits per heavy atom. The molecular formula is C17H31N3O. The molecule has 1 N–H and O–H groups in total. The van der Waals surface area contributed by atoms with Crippen molar-refractivity contribution in [3.8, 4) is 0 Å². The molecule has 1 aromatic rings. The largest absolute Gasteiger partial charge is 0.376 e. The van der Waals surface area contributed by atoms with Crippen molar-refractivity contribution >= 4 is 0 Å². The van der Waals surface area contributed by atoms with Crippen LogP contribution >= 0.6 is 0 Å². The van der Waals surface area contributed by atoms with Crippen LogP contribution in [-0.2, 0) is 30.7 Å². The first kappa shape index (κ1) is 16.5. The van der Waals surface area contributed by atoms with E-state index in [1.807, 2.05) is 0 Å². The topological polar surface area (TPSA) is 39.1 Å². The van der Waals surface area contributed by atoms with Crippen molar-refractivity contribution in [2.24, 2.45) is 0 Å². The molecule has 0 radical (unpaired) electrons. The van der Waals surface area contributed by atoms with E-state index in [2.05, 4.69) is 30.8 Å². The Labute approximate surface area is 129 Å². The van der Waals surface area contributed by atoms with Crippen molar-refractivity contribution in [2.45, 2.75) is 78.5 Å². The zero-order valence-electron chi connectivity index (χ0n) is 14.0. The normalized spacial score (nSPS) is 19.1. The number of hydrogen-bond acceptors (Lipinski definition) is 3. The number of nitrogens with zero attached hydrogens (tertiary/aromatic N) is 2. The van der Waals surface area contributed by atoms with E-state index >= 15 is 0 Å². The van der Waals surface area contributed by atoms with Gasteiger partial charge in [-0.2, -0.15) is 5.10 Å². The van der Waals surface area contributed by atoms with E-state index in [1.165, 1.54) is 42.6 Å². The van der Waals surface area contributed by atoms with Gasteiger partial charge >= 0.3 is 0 Å². The van der Waals surface area contributed by atoms with Crippen LogP contribution in [-0.4, -0.2) is 29.0 Å². The zero-order chi connectivity index (χ0) is 15.1. The summed E-state index contributed by atoms with van der Waals surface area (Å²) in [5, 5.41) is 8.40. The maximum atomic E-state index is 5.89. The molecule has 1 saturated heterocycles. The van der Waals surface area contributed by atoms with Gasteiger partial charge in [0.05, 0.1) is 18.3 Å². The van der Waals surface area contributed by atoms with Crippen LogP contribution in [0.25, 0.3) is 0 Å². The Kier molecular flexibility index (Phi) is 6.71. The molecule has 0 amide bonds. The van der Waals surface area contributed by atoms with E-state index in [0.717, 1.165) is 39.1 Å². The summed E-state index contributed by atoms with van der Waals surface area (Å²) in [7, 11) is 0. The van der Waals surface area contributed by atoms with Gasteiger partial charge in [-0.3, -0.25) is 4.68 Å². The summed E-state index contributed by atoms with van der Waals surface area (Å²) in [6.45, 7) is 10.5. The lowest BCUT2D eigenvalue weighted by molar-refractivity contribution is 0.00348. The van der Waals surface area contributed by atoms with Crippen LogP contribution in [0.5, 0.6) is 0 Å². The molecule has 4 heteroatoms. The fourth-order valence-corrected chi connectivity index (χ4v) is 3.16. The molecule has 0 bridgehead atoms. The van der Waals surface area contributed by atoms with Gasteiger partial charge in [0.15, 0.2) is 0 Å². The van der Waals surface area contributed by atoms with E-state index in [4.69, 9.17) is 9.84 Å². The summed E-state index contributed by atoms with van der Waals surface area (Å²) in [4.78, 5) is 0. The minimum atomic E-state index is 0.352. The van der Waals surface area contributed by atoms with E-state index in [9.17, 15) is 0 Å². The number of aromatic nitrogens is 2. The summed E-state index contributed by atoms with van der Waals surface area (Å²) in [5.74, 6) is 0. The number of nitrogens with one attached hydrogen (secondary N) is 1. The molecule has 1 fully saturated rings. The minimum Gasteiger partial charge on any atom is -0.376 e. The van der Waals surface area contributed by atoms with Crippen molar-refractivity contribution in [1.82, 2.24) is 15.1 Å². The van der Waals surface area contributed by atoms with Crippen molar-refractivity contribution in [2.75, 3.05) is 13.2 Å². The minimum absolute atomic E-state index is 0.352. The summed E-state index contributed by atoms with van der Waals surface area (Å²) in [6.07, 6.45) is 7.25. The molecule has 0 spiro atoms. The molecule has 2 rings (SSSR count). The van der Waals surface area contributed by atoms with Crippen LogP contribution in [0.1, 0.15) is 63.4 Å². The summed E-state index contributed by atoms with van der Waals surface area (Å²) in [6, 6.07) is 0. The fourth-order valence-electron chi connectivity index (χ4n) is 3.16. The average molecular weight is 293 g/mol. The monoisotopic (exact) mass is 293 g/mol. The first-order chi connectivity index (χ1) is 10.3. The quantitative estimate of drug-likeness (QED) is 0.749. The van der Waals surface area contributed by atoms with Gasteiger partial charge < -0.3 is 10.1 Å². The third-order valence-electron chi connectivity index (χ3n) is 4.30. The highest BCUT2D eigenvalue weighted by atomic mass is 16.5.